The molecule has 0 saturated carbocycles. The lowest BCUT2D eigenvalue weighted by molar-refractivity contribution is -0.116. The van der Waals surface area contributed by atoms with Gasteiger partial charge in [0.1, 0.15) is 5.60 Å². The molecule has 0 spiro atoms. The summed E-state index contributed by atoms with van der Waals surface area (Å²) in [4.78, 5) is 26.2. The molecule has 2 N–H and O–H groups in total. The molecule has 0 aromatic heterocycles. The molecule has 0 aliphatic carbocycles. The molecule has 0 unspecified atom stereocenters. The van der Waals surface area contributed by atoms with E-state index in [2.05, 4.69) is 15.5 Å². The van der Waals surface area contributed by atoms with E-state index in [1.807, 2.05) is 20.8 Å². The fraction of sp³-hybridized carbons (Fsp3) is 0.579. The highest BCUT2D eigenvalue weighted by molar-refractivity contribution is 6.35. The van der Waals surface area contributed by atoms with E-state index in [1.165, 1.54) is 0 Å². The molecule has 1 aromatic rings. The Hall–Kier alpha value is -1.50. The Morgan fingerprint density at radius 1 is 1.22 bits per heavy atom. The monoisotopic (exact) mass is 415 g/mol. The maximum atomic E-state index is 12.1. The Labute approximate surface area is 170 Å². The molecule has 0 bridgehead atoms. The van der Waals surface area contributed by atoms with Gasteiger partial charge in [0, 0.05) is 37.1 Å². The van der Waals surface area contributed by atoms with Crippen molar-refractivity contribution in [1.29, 1.82) is 0 Å². The number of nitrogens with one attached hydrogen (secondary N) is 2. The normalized spacial score (nSPS) is 16.0. The quantitative estimate of drug-likeness (QED) is 0.751. The topological polar surface area (TPSA) is 70.7 Å². The molecular formula is C19H27Cl2N3O3. The van der Waals surface area contributed by atoms with E-state index in [1.54, 1.807) is 18.2 Å². The van der Waals surface area contributed by atoms with Crippen molar-refractivity contribution in [1.82, 2.24) is 10.2 Å². The third-order valence-corrected chi connectivity index (χ3v) is 4.73. The fourth-order valence-corrected chi connectivity index (χ4v) is 3.18. The first-order valence-corrected chi connectivity index (χ1v) is 9.85. The summed E-state index contributed by atoms with van der Waals surface area (Å²) in [6.45, 7) is 7.84. The second-order valence-corrected chi connectivity index (χ2v) is 8.53. The molecule has 8 heteroatoms. The minimum Gasteiger partial charge on any atom is -0.444 e. The molecule has 27 heavy (non-hydrogen) atoms. The van der Waals surface area contributed by atoms with Gasteiger partial charge in [0.05, 0.1) is 10.7 Å². The third-order valence-electron chi connectivity index (χ3n) is 4.17. The van der Waals surface area contributed by atoms with Crippen LogP contribution in [0.25, 0.3) is 0 Å². The second kappa shape index (κ2) is 9.62. The Kier molecular flexibility index (Phi) is 7.77. The van der Waals surface area contributed by atoms with Crippen LogP contribution in [0.4, 0.5) is 10.5 Å². The number of hydrogen-bond acceptors (Lipinski definition) is 4. The molecule has 0 radical (unpaired) electrons. The highest BCUT2D eigenvalue weighted by Gasteiger charge is 2.23. The Morgan fingerprint density at radius 2 is 1.89 bits per heavy atom. The highest BCUT2D eigenvalue weighted by atomic mass is 35.5. The van der Waals surface area contributed by atoms with Crippen LogP contribution in [0, 0.1) is 0 Å². The second-order valence-electron chi connectivity index (χ2n) is 7.68. The molecule has 150 valence electrons. The first-order valence-electron chi connectivity index (χ1n) is 9.09. The molecular weight excluding hydrogens is 389 g/mol. The molecule has 1 saturated heterocycles. The van der Waals surface area contributed by atoms with Crippen molar-refractivity contribution in [2.75, 3.05) is 25.0 Å². The van der Waals surface area contributed by atoms with Gasteiger partial charge in [0.25, 0.3) is 0 Å². The van der Waals surface area contributed by atoms with E-state index in [0.29, 0.717) is 28.7 Å². The van der Waals surface area contributed by atoms with Crippen LogP contribution in [-0.4, -0.2) is 48.2 Å². The van der Waals surface area contributed by atoms with Gasteiger partial charge < -0.3 is 20.3 Å². The molecule has 2 amide bonds. The van der Waals surface area contributed by atoms with Crippen LogP contribution in [0.1, 0.15) is 40.0 Å². The van der Waals surface area contributed by atoms with Gasteiger partial charge >= 0.3 is 6.09 Å². The highest BCUT2D eigenvalue weighted by Crippen LogP contribution is 2.25. The van der Waals surface area contributed by atoms with E-state index < -0.39 is 5.60 Å². The number of carbonyl (C=O) groups is 2. The van der Waals surface area contributed by atoms with Gasteiger partial charge in [-0.25, -0.2) is 4.79 Å². The van der Waals surface area contributed by atoms with Crippen LogP contribution in [0.2, 0.25) is 10.0 Å². The predicted molar refractivity (Wildman–Crippen MR) is 109 cm³/mol. The first-order chi connectivity index (χ1) is 12.6. The minimum absolute atomic E-state index is 0.104. The van der Waals surface area contributed by atoms with Crippen LogP contribution in [0.5, 0.6) is 0 Å². The van der Waals surface area contributed by atoms with Gasteiger partial charge in [0.15, 0.2) is 0 Å². The zero-order valence-electron chi connectivity index (χ0n) is 16.0. The summed E-state index contributed by atoms with van der Waals surface area (Å²) < 4.78 is 5.28. The minimum atomic E-state index is -0.496. The SMILES string of the molecule is CC(C)(C)OC(=O)NC1CCN(CCC(=O)Nc2cc(Cl)ccc2Cl)CC1. The average molecular weight is 416 g/mol. The Morgan fingerprint density at radius 3 is 2.52 bits per heavy atom. The zero-order valence-corrected chi connectivity index (χ0v) is 17.5. The summed E-state index contributed by atoms with van der Waals surface area (Å²) >= 11 is 12.0. The van der Waals surface area contributed by atoms with Gasteiger partial charge in [-0.15, -0.1) is 0 Å². The lowest BCUT2D eigenvalue weighted by Gasteiger charge is -2.32. The molecule has 1 heterocycles. The number of alkyl carbamates (subject to hydrolysis) is 1. The van der Waals surface area contributed by atoms with Gasteiger partial charge in [-0.3, -0.25) is 4.79 Å². The number of likely N-dealkylation sites (tertiary alicyclic amines) is 1. The van der Waals surface area contributed by atoms with E-state index in [0.717, 1.165) is 25.9 Å². The van der Waals surface area contributed by atoms with Crippen molar-refractivity contribution < 1.29 is 14.3 Å². The Balaban J connectivity index is 1.69. The van der Waals surface area contributed by atoms with Gasteiger partial charge in [-0.05, 0) is 51.8 Å². The first kappa shape index (κ1) is 21.8. The number of hydrogen-bond donors (Lipinski definition) is 2. The van der Waals surface area contributed by atoms with Gasteiger partial charge in [0.2, 0.25) is 5.91 Å². The van der Waals surface area contributed by atoms with Crippen LogP contribution in [-0.2, 0) is 9.53 Å². The number of rotatable bonds is 5. The number of carbonyl (C=O) groups excluding carboxylic acids is 2. The van der Waals surface area contributed by atoms with E-state index in [9.17, 15) is 9.59 Å². The van der Waals surface area contributed by atoms with Crippen LogP contribution < -0.4 is 10.6 Å². The molecule has 1 fully saturated rings. The van der Waals surface area contributed by atoms with Gasteiger partial charge in [-0.2, -0.15) is 0 Å². The maximum Gasteiger partial charge on any atom is 0.407 e. The summed E-state index contributed by atoms with van der Waals surface area (Å²) in [7, 11) is 0. The largest absolute Gasteiger partial charge is 0.444 e. The summed E-state index contributed by atoms with van der Waals surface area (Å²) in [5.41, 5.74) is 0.0266. The molecule has 1 aliphatic rings. The van der Waals surface area contributed by atoms with E-state index in [4.69, 9.17) is 27.9 Å². The molecule has 1 aliphatic heterocycles. The number of piperidine rings is 1. The summed E-state index contributed by atoms with van der Waals surface area (Å²) in [6.07, 6.45) is 1.66. The maximum absolute atomic E-state index is 12.1. The summed E-state index contributed by atoms with van der Waals surface area (Å²) in [5, 5.41) is 6.68. The number of amides is 2. The van der Waals surface area contributed by atoms with Crippen molar-refractivity contribution in [2.45, 2.75) is 51.7 Å². The van der Waals surface area contributed by atoms with Crippen molar-refractivity contribution >= 4 is 40.9 Å². The average Bonchev–Trinajstić information content (AvgIpc) is 2.56. The molecule has 1 aromatic carbocycles. The lowest BCUT2D eigenvalue weighted by atomic mass is 10.1. The molecule has 6 nitrogen and oxygen atoms in total. The fourth-order valence-electron chi connectivity index (χ4n) is 2.84. The molecule has 0 atom stereocenters. The number of anilines is 1. The zero-order chi connectivity index (χ0) is 20.0. The van der Waals surface area contributed by atoms with Gasteiger partial charge in [-0.1, -0.05) is 23.2 Å². The van der Waals surface area contributed by atoms with Crippen molar-refractivity contribution in [3.8, 4) is 0 Å². The number of ether oxygens (including phenoxy) is 1. The van der Waals surface area contributed by atoms with E-state index >= 15 is 0 Å². The van der Waals surface area contributed by atoms with Crippen molar-refractivity contribution in [3.05, 3.63) is 28.2 Å². The smallest absolute Gasteiger partial charge is 0.407 e. The third kappa shape index (κ3) is 7.95. The number of nitrogens with zero attached hydrogens (tertiary/aromatic N) is 1. The van der Waals surface area contributed by atoms with Crippen LogP contribution >= 0.6 is 23.2 Å². The van der Waals surface area contributed by atoms with Crippen LogP contribution in [0.3, 0.4) is 0 Å². The summed E-state index contributed by atoms with van der Waals surface area (Å²) in [6, 6.07) is 5.07. The Bertz CT molecular complexity index is 669. The molecule has 2 rings (SSSR count). The van der Waals surface area contributed by atoms with Crippen LogP contribution in [0.15, 0.2) is 18.2 Å². The summed E-state index contributed by atoms with van der Waals surface area (Å²) in [5.74, 6) is -0.104. The van der Waals surface area contributed by atoms with E-state index in [-0.39, 0.29) is 18.0 Å². The van der Waals surface area contributed by atoms with Crippen molar-refractivity contribution in [3.63, 3.8) is 0 Å². The predicted octanol–water partition coefficient (Wildman–Crippen LogP) is 4.31. The lowest BCUT2D eigenvalue weighted by Crippen LogP contribution is -2.46. The number of benzene rings is 1. The standard InChI is InChI=1S/C19H27Cl2N3O3/c1-19(2,3)27-18(26)22-14-6-9-24(10-7-14)11-8-17(25)23-16-12-13(20)4-5-15(16)21/h4-5,12,14H,6-11H2,1-3H3,(H,22,26)(H,23,25). The van der Waals surface area contributed by atoms with Crippen molar-refractivity contribution in [2.24, 2.45) is 0 Å². The number of halogens is 2.